The summed E-state index contributed by atoms with van der Waals surface area (Å²) in [7, 11) is 0. The summed E-state index contributed by atoms with van der Waals surface area (Å²) in [5.41, 5.74) is -0.394. The highest BCUT2D eigenvalue weighted by Gasteiger charge is 2.10. The second-order valence-electron chi connectivity index (χ2n) is 4.50. The summed E-state index contributed by atoms with van der Waals surface area (Å²) in [4.78, 5) is 26.1. The van der Waals surface area contributed by atoms with Crippen LogP contribution in [0.3, 0.4) is 0 Å². The molecule has 0 aliphatic carbocycles. The zero-order valence-corrected chi connectivity index (χ0v) is 11.7. The first kappa shape index (κ1) is 15.0. The fourth-order valence-electron chi connectivity index (χ4n) is 1.57. The van der Waals surface area contributed by atoms with Gasteiger partial charge < -0.3 is 4.74 Å². The van der Waals surface area contributed by atoms with Gasteiger partial charge in [0.15, 0.2) is 0 Å². The molecule has 1 N–H and O–H groups in total. The zero-order chi connectivity index (χ0) is 13.7. The van der Waals surface area contributed by atoms with Gasteiger partial charge in [0.1, 0.15) is 5.15 Å². The number of aromatic amines is 1. The number of aromatic nitrogens is 2. The van der Waals surface area contributed by atoms with Crippen LogP contribution in [0.2, 0.25) is 5.15 Å². The van der Waals surface area contributed by atoms with Gasteiger partial charge in [-0.2, -0.15) is 0 Å². The van der Waals surface area contributed by atoms with Gasteiger partial charge in [0.2, 0.25) is 0 Å². The SMILES string of the molecule is CCc1c(Cl)[nH]c(=O)n(CCOCC(C)C)c1=O. The molecule has 18 heavy (non-hydrogen) atoms. The van der Waals surface area contributed by atoms with E-state index in [1.165, 1.54) is 0 Å². The highest BCUT2D eigenvalue weighted by atomic mass is 35.5. The van der Waals surface area contributed by atoms with Gasteiger partial charge in [0.25, 0.3) is 5.56 Å². The predicted octanol–water partition coefficient (Wildman–Crippen LogP) is 1.43. The van der Waals surface area contributed by atoms with Crippen molar-refractivity contribution in [3.8, 4) is 0 Å². The summed E-state index contributed by atoms with van der Waals surface area (Å²) in [5, 5.41) is 0.131. The minimum atomic E-state index is -0.490. The molecule has 0 aromatic carbocycles. The molecule has 0 saturated heterocycles. The summed E-state index contributed by atoms with van der Waals surface area (Å²) in [5.74, 6) is 0.427. The molecule has 1 aromatic rings. The third-order valence-corrected chi connectivity index (χ3v) is 2.82. The topological polar surface area (TPSA) is 64.1 Å². The minimum Gasteiger partial charge on any atom is -0.379 e. The average molecular weight is 275 g/mol. The van der Waals surface area contributed by atoms with E-state index in [2.05, 4.69) is 4.98 Å². The molecule has 0 bridgehead atoms. The van der Waals surface area contributed by atoms with Crippen LogP contribution < -0.4 is 11.2 Å². The van der Waals surface area contributed by atoms with Crippen molar-refractivity contribution in [1.82, 2.24) is 9.55 Å². The van der Waals surface area contributed by atoms with E-state index in [-0.39, 0.29) is 17.3 Å². The van der Waals surface area contributed by atoms with E-state index in [0.717, 1.165) is 4.57 Å². The van der Waals surface area contributed by atoms with Gasteiger partial charge in [-0.1, -0.05) is 32.4 Å². The summed E-state index contributed by atoms with van der Waals surface area (Å²) < 4.78 is 6.50. The lowest BCUT2D eigenvalue weighted by Crippen LogP contribution is -2.38. The van der Waals surface area contributed by atoms with Crippen LogP contribution in [0.4, 0.5) is 0 Å². The molecule has 0 unspecified atom stereocenters. The molecule has 6 heteroatoms. The van der Waals surface area contributed by atoms with Gasteiger partial charge in [-0.3, -0.25) is 14.3 Å². The van der Waals surface area contributed by atoms with Crippen molar-refractivity contribution in [3.63, 3.8) is 0 Å². The average Bonchev–Trinajstić information content (AvgIpc) is 2.27. The lowest BCUT2D eigenvalue weighted by molar-refractivity contribution is 0.102. The van der Waals surface area contributed by atoms with Crippen LogP contribution in [0.25, 0.3) is 0 Å². The van der Waals surface area contributed by atoms with Crippen molar-refractivity contribution in [3.05, 3.63) is 31.6 Å². The normalized spacial score (nSPS) is 11.2. The van der Waals surface area contributed by atoms with E-state index in [9.17, 15) is 9.59 Å². The molecule has 0 spiro atoms. The molecular weight excluding hydrogens is 256 g/mol. The standard InChI is InChI=1S/C12H19ClN2O3/c1-4-9-10(13)14-12(17)15(11(9)16)5-6-18-7-8(2)3/h8H,4-7H2,1-3H3,(H,14,17). The number of halogens is 1. The first-order chi connectivity index (χ1) is 8.47. The molecule has 1 aromatic heterocycles. The number of rotatable bonds is 6. The van der Waals surface area contributed by atoms with Crippen molar-refractivity contribution < 1.29 is 4.74 Å². The number of nitrogens with zero attached hydrogens (tertiary/aromatic N) is 1. The van der Waals surface area contributed by atoms with Crippen molar-refractivity contribution in [2.45, 2.75) is 33.7 Å². The highest BCUT2D eigenvalue weighted by Crippen LogP contribution is 2.05. The summed E-state index contributed by atoms with van der Waals surface area (Å²) in [6.07, 6.45) is 0.487. The Labute approximate surface area is 111 Å². The van der Waals surface area contributed by atoms with Crippen LogP contribution in [0.15, 0.2) is 9.59 Å². The Hall–Kier alpha value is -1.07. The molecular formula is C12H19ClN2O3. The van der Waals surface area contributed by atoms with E-state index in [4.69, 9.17) is 16.3 Å². The molecule has 102 valence electrons. The van der Waals surface area contributed by atoms with Gasteiger partial charge in [-0.05, 0) is 12.3 Å². The Bertz CT molecular complexity index is 505. The fourth-order valence-corrected chi connectivity index (χ4v) is 1.87. The van der Waals surface area contributed by atoms with Gasteiger partial charge >= 0.3 is 5.69 Å². The van der Waals surface area contributed by atoms with E-state index in [1.807, 2.05) is 20.8 Å². The van der Waals surface area contributed by atoms with E-state index >= 15 is 0 Å². The van der Waals surface area contributed by atoms with Crippen molar-refractivity contribution in [2.75, 3.05) is 13.2 Å². The number of H-pyrrole nitrogens is 1. The first-order valence-corrected chi connectivity index (χ1v) is 6.44. The summed E-state index contributed by atoms with van der Waals surface area (Å²) in [6.45, 7) is 7.09. The van der Waals surface area contributed by atoms with E-state index in [1.54, 1.807) is 0 Å². The number of ether oxygens (including phenoxy) is 1. The maximum atomic E-state index is 12.0. The maximum Gasteiger partial charge on any atom is 0.329 e. The summed E-state index contributed by atoms with van der Waals surface area (Å²) >= 11 is 5.81. The molecule has 0 fully saturated rings. The Morgan fingerprint density at radius 1 is 1.39 bits per heavy atom. The Morgan fingerprint density at radius 2 is 2.06 bits per heavy atom. The van der Waals surface area contributed by atoms with E-state index in [0.29, 0.717) is 31.1 Å². The second kappa shape index (κ2) is 6.75. The lowest BCUT2D eigenvalue weighted by atomic mass is 10.2. The van der Waals surface area contributed by atoms with Crippen LogP contribution in [0.5, 0.6) is 0 Å². The highest BCUT2D eigenvalue weighted by molar-refractivity contribution is 6.30. The molecule has 0 aliphatic heterocycles. The Balaban J connectivity index is 2.83. The molecule has 0 radical (unpaired) electrons. The maximum absolute atomic E-state index is 12.0. The van der Waals surface area contributed by atoms with Gasteiger partial charge in [-0.25, -0.2) is 4.79 Å². The quantitative estimate of drug-likeness (QED) is 0.630. The second-order valence-corrected chi connectivity index (χ2v) is 4.88. The van der Waals surface area contributed by atoms with Crippen LogP contribution in [-0.2, 0) is 17.7 Å². The number of hydrogen-bond acceptors (Lipinski definition) is 3. The third-order valence-electron chi connectivity index (χ3n) is 2.49. The van der Waals surface area contributed by atoms with E-state index < -0.39 is 5.69 Å². The smallest absolute Gasteiger partial charge is 0.329 e. The summed E-state index contributed by atoms with van der Waals surface area (Å²) in [6, 6.07) is 0. The van der Waals surface area contributed by atoms with Crippen molar-refractivity contribution in [1.29, 1.82) is 0 Å². The molecule has 0 saturated carbocycles. The first-order valence-electron chi connectivity index (χ1n) is 6.06. The molecule has 0 aliphatic rings. The molecule has 5 nitrogen and oxygen atoms in total. The monoisotopic (exact) mass is 274 g/mol. The number of hydrogen-bond donors (Lipinski definition) is 1. The molecule has 1 rings (SSSR count). The third kappa shape index (κ3) is 3.71. The number of nitrogens with one attached hydrogen (secondary N) is 1. The zero-order valence-electron chi connectivity index (χ0n) is 11.0. The van der Waals surface area contributed by atoms with Crippen LogP contribution in [0, 0.1) is 5.92 Å². The minimum absolute atomic E-state index is 0.131. The van der Waals surface area contributed by atoms with Gasteiger partial charge in [-0.15, -0.1) is 0 Å². The largest absolute Gasteiger partial charge is 0.379 e. The molecule has 0 amide bonds. The Morgan fingerprint density at radius 3 is 2.61 bits per heavy atom. The van der Waals surface area contributed by atoms with Crippen LogP contribution >= 0.6 is 11.6 Å². The van der Waals surface area contributed by atoms with Gasteiger partial charge in [0, 0.05) is 6.61 Å². The van der Waals surface area contributed by atoms with Crippen LogP contribution in [0.1, 0.15) is 26.3 Å². The molecule has 0 atom stereocenters. The van der Waals surface area contributed by atoms with Crippen molar-refractivity contribution >= 4 is 11.6 Å². The van der Waals surface area contributed by atoms with Gasteiger partial charge in [0.05, 0.1) is 18.7 Å². The lowest BCUT2D eigenvalue weighted by Gasteiger charge is -2.09. The van der Waals surface area contributed by atoms with Crippen LogP contribution in [-0.4, -0.2) is 22.8 Å². The fraction of sp³-hybridized carbons (Fsp3) is 0.667. The van der Waals surface area contributed by atoms with Crippen molar-refractivity contribution in [2.24, 2.45) is 5.92 Å². The Kier molecular flexibility index (Phi) is 5.62. The molecule has 1 heterocycles. The predicted molar refractivity (Wildman–Crippen MR) is 71.4 cm³/mol.